The van der Waals surface area contributed by atoms with Crippen molar-refractivity contribution < 1.29 is 106 Å². The molecule has 4 aliphatic rings. The van der Waals surface area contributed by atoms with Gasteiger partial charge in [-0.25, -0.2) is 33.1 Å². The Morgan fingerprint density at radius 3 is 1.47 bits per heavy atom. The van der Waals surface area contributed by atoms with Crippen LogP contribution >= 0.6 is 0 Å². The summed E-state index contributed by atoms with van der Waals surface area (Å²) >= 11 is 0. The number of phenols is 2. The van der Waals surface area contributed by atoms with Crippen LogP contribution in [0.5, 0.6) is 11.5 Å². The number of carbonyl (C=O) groups excluding carboxylic acids is 4. The number of hydrogen-bond donors (Lipinski definition) is 9. The number of methoxy groups -OCH3 is 6. The second kappa shape index (κ2) is 46.5. The van der Waals surface area contributed by atoms with E-state index in [0.717, 1.165) is 69.5 Å². The summed E-state index contributed by atoms with van der Waals surface area (Å²) in [4.78, 5) is 82.4. The van der Waals surface area contributed by atoms with Crippen molar-refractivity contribution in [2.45, 2.75) is 122 Å². The minimum atomic E-state index is -1.02. The number of aldehydes is 1. The van der Waals surface area contributed by atoms with Crippen molar-refractivity contribution in [2.24, 2.45) is 35.1 Å². The molecule has 0 bridgehead atoms. The third-order valence-corrected chi connectivity index (χ3v) is 15.9. The molecular formula is C71H93F2N9O20. The molecule has 6 aromatic rings. The van der Waals surface area contributed by atoms with Crippen LogP contribution in [0.25, 0.3) is 23.0 Å². The molecule has 2 aromatic carbocycles. The van der Waals surface area contributed by atoms with Gasteiger partial charge in [-0.15, -0.1) is 0 Å². The maximum Gasteiger partial charge on any atom is 0.335 e. The first-order valence-corrected chi connectivity index (χ1v) is 32.7. The zero-order valence-electron chi connectivity index (χ0n) is 58.1. The fourth-order valence-electron chi connectivity index (χ4n) is 10.8. The second-order valence-electron chi connectivity index (χ2n) is 23.8. The number of allylic oxidation sites excluding steroid dienone is 3. The summed E-state index contributed by atoms with van der Waals surface area (Å²) in [7, 11) is 9.43. The third-order valence-electron chi connectivity index (χ3n) is 15.9. The number of aryl methyl sites for hydroxylation is 2. The van der Waals surface area contributed by atoms with Crippen LogP contribution in [0, 0.1) is 35.3 Å². The number of nitrogens with zero attached hydrogens (tertiary/aromatic N) is 6. The van der Waals surface area contributed by atoms with Gasteiger partial charge >= 0.3 is 23.9 Å². The van der Waals surface area contributed by atoms with Gasteiger partial charge < -0.3 is 84.9 Å². The number of pyridine rings is 2. The van der Waals surface area contributed by atoms with Gasteiger partial charge in [-0.2, -0.15) is 9.97 Å². The minimum absolute atomic E-state index is 0.0194. The average Bonchev–Trinajstić information content (AvgIpc) is 1.48. The zero-order valence-corrected chi connectivity index (χ0v) is 58.1. The highest BCUT2D eigenvalue weighted by atomic mass is 19.1. The maximum atomic E-state index is 12.9. The lowest BCUT2D eigenvalue weighted by Crippen LogP contribution is -2.30. The average molecular weight is 1430 g/mol. The Bertz CT molecular complexity index is 3610. The largest absolute Gasteiger partial charge is 0.508 e. The van der Waals surface area contributed by atoms with Crippen LogP contribution < -0.4 is 16.8 Å². The molecule has 1 amide bonds. The van der Waals surface area contributed by atoms with E-state index in [-0.39, 0.29) is 103 Å². The van der Waals surface area contributed by atoms with Gasteiger partial charge in [0.15, 0.2) is 0 Å². The van der Waals surface area contributed by atoms with Gasteiger partial charge in [0, 0.05) is 96.8 Å². The summed E-state index contributed by atoms with van der Waals surface area (Å²) in [5, 5.41) is 63.4. The molecule has 0 spiro atoms. The Hall–Kier alpha value is -9.92. The lowest BCUT2D eigenvalue weighted by atomic mass is 9.87. The first kappa shape index (κ1) is 84.5. The number of halogens is 2. The monoisotopic (exact) mass is 1430 g/mol. The van der Waals surface area contributed by atoms with Crippen LogP contribution in [0.4, 0.5) is 8.78 Å². The Labute approximate surface area is 589 Å². The quantitative estimate of drug-likeness (QED) is 0.0228. The standard InChI is InChI=1S/C19H21FN4O5.C10H8FN3O3.2C10H17NO3.C8H16O2.C7H8O2.C7H6O2/c1-28-10-11-2-4-13(19(26)27)15(8-11)22-16(25)6-7-17-23-18(24-29-17)14-5-3-12(20)9-21-14;11-6-1-2-7(12-5-6)10-13-8(17-14-10)3-4-9(15)16;2*1-13-6-7-3-4-8(9(11)5-7)10(12)14-2;1-10-6-7-3-2-4-8(9)5-7;2*8-5-6-2-1-3-7(9)4-6/h3,5,9,11H,2,4,6-8,10H2,1H3,(H,22,25)(H,26,27);1-2,5H,3-4H2,(H,15,16);2*7H,3-6,11H2,1-2H3;7-9H,2-6H2,1H3;1-4,8-9H,5H2;1-5,9H. The molecule has 4 aliphatic carbocycles. The van der Waals surface area contributed by atoms with E-state index < -0.39 is 23.6 Å². The van der Waals surface area contributed by atoms with Crippen molar-refractivity contribution in [1.29, 1.82) is 0 Å². The number of nitrogens with two attached hydrogens (primary N) is 2. The third kappa shape index (κ3) is 31.3. The molecule has 29 nitrogen and oxygen atoms in total. The van der Waals surface area contributed by atoms with Crippen LogP contribution in [0.15, 0.2) is 128 Å². The topological polar surface area (TPSA) is 447 Å². The maximum absolute atomic E-state index is 12.9. The number of rotatable bonds is 22. The van der Waals surface area contributed by atoms with E-state index in [2.05, 4.69) is 45.0 Å². The van der Waals surface area contributed by atoms with Crippen molar-refractivity contribution in [3.63, 3.8) is 0 Å². The number of amides is 1. The molecule has 102 heavy (non-hydrogen) atoms. The molecule has 1 saturated carbocycles. The Morgan fingerprint density at radius 1 is 0.608 bits per heavy atom. The lowest BCUT2D eigenvalue weighted by Gasteiger charge is -2.25. The normalized spacial score (nSPS) is 17.6. The van der Waals surface area contributed by atoms with Gasteiger partial charge in [-0.3, -0.25) is 14.4 Å². The molecule has 4 aromatic heterocycles. The molecule has 5 atom stereocenters. The fraction of sp³-hybridized carbons (Fsp3) is 0.465. The number of aromatic nitrogens is 6. The summed E-state index contributed by atoms with van der Waals surface area (Å²) in [5.74, 6) is -0.985. The van der Waals surface area contributed by atoms with Crippen molar-refractivity contribution >= 4 is 36.1 Å². The highest BCUT2D eigenvalue weighted by Crippen LogP contribution is 2.31. The zero-order chi connectivity index (χ0) is 74.9. The first-order chi connectivity index (χ1) is 49.0. The molecule has 0 saturated heterocycles. The first-order valence-electron chi connectivity index (χ1n) is 32.7. The van der Waals surface area contributed by atoms with Gasteiger partial charge in [0.25, 0.3) is 0 Å². The van der Waals surface area contributed by atoms with Gasteiger partial charge in [0.05, 0.1) is 62.5 Å². The Morgan fingerprint density at radius 2 is 1.08 bits per heavy atom. The number of aliphatic carboxylic acids is 2. The van der Waals surface area contributed by atoms with Crippen molar-refractivity contribution in [3.8, 4) is 34.5 Å². The van der Waals surface area contributed by atoms with Crippen molar-refractivity contribution in [2.75, 3.05) is 69.1 Å². The van der Waals surface area contributed by atoms with Crippen LogP contribution in [0.2, 0.25) is 0 Å². The predicted molar refractivity (Wildman–Crippen MR) is 364 cm³/mol. The van der Waals surface area contributed by atoms with E-state index in [4.69, 9.17) is 59.9 Å². The van der Waals surface area contributed by atoms with Crippen LogP contribution in [-0.2, 0) is 71.8 Å². The number of esters is 2. The lowest BCUT2D eigenvalue weighted by molar-refractivity contribution is -0.137. The van der Waals surface area contributed by atoms with Crippen LogP contribution in [0.3, 0.4) is 0 Å². The summed E-state index contributed by atoms with van der Waals surface area (Å²) in [6.45, 7) is 2.71. The van der Waals surface area contributed by atoms with Gasteiger partial charge in [-0.1, -0.05) is 41.0 Å². The number of benzene rings is 2. The number of nitrogens with one attached hydrogen (secondary N) is 1. The summed E-state index contributed by atoms with van der Waals surface area (Å²) in [6, 6.07) is 18.0. The fourth-order valence-corrected chi connectivity index (χ4v) is 10.8. The molecule has 10 rings (SSSR count). The number of phenolic OH excluding ortho intramolecular Hbond substituents is 2. The number of aromatic hydroxyl groups is 2. The minimum Gasteiger partial charge on any atom is -0.508 e. The SMILES string of the molecule is COCC1CCC(C(=O)O)=C(NC(=O)CCc2nc(-c3ccc(F)cn3)no2)C1.COCC1CCC(C(=O)OC)=C(N)C1.COCC1CCC(C(=O)OC)=C(N)C1.COCC1CCCC(O)C1.O=C(O)CCc1nc(-c2ccc(F)cn2)no1.O=Cc1cccc(O)c1.OCc1cccc(O)c1. The molecule has 11 N–H and O–H groups in total. The van der Waals surface area contributed by atoms with E-state index in [1.54, 1.807) is 58.8 Å². The highest BCUT2D eigenvalue weighted by molar-refractivity contribution is 5.90. The molecule has 31 heteroatoms. The van der Waals surface area contributed by atoms with E-state index in [1.807, 2.05) is 0 Å². The van der Waals surface area contributed by atoms with Crippen molar-refractivity contribution in [3.05, 3.63) is 154 Å². The van der Waals surface area contributed by atoms with E-state index in [1.165, 1.54) is 63.1 Å². The van der Waals surface area contributed by atoms with Crippen molar-refractivity contribution in [1.82, 2.24) is 35.6 Å². The number of ether oxygens (including phenoxy) is 6. The van der Waals surface area contributed by atoms with Gasteiger partial charge in [-0.05, 0) is 155 Å². The molecule has 5 unspecified atom stereocenters. The number of carboxylic acid groups (broad SMARTS) is 2. The number of hydrogen-bond acceptors (Lipinski definition) is 26. The predicted octanol–water partition coefficient (Wildman–Crippen LogP) is 8.30. The summed E-state index contributed by atoms with van der Waals surface area (Å²) < 4.78 is 65.1. The number of aliphatic hydroxyl groups is 2. The molecular weight excluding hydrogens is 1340 g/mol. The second-order valence-corrected chi connectivity index (χ2v) is 23.8. The number of carboxylic acids is 2. The highest BCUT2D eigenvalue weighted by Gasteiger charge is 2.28. The molecule has 556 valence electrons. The summed E-state index contributed by atoms with van der Waals surface area (Å²) in [6.07, 6.45) is 13.6. The van der Waals surface area contributed by atoms with E-state index in [9.17, 15) is 47.8 Å². The Balaban J connectivity index is 0.000000264. The van der Waals surface area contributed by atoms with Crippen LogP contribution in [0.1, 0.15) is 124 Å². The number of aliphatic hydroxyl groups excluding tert-OH is 2. The van der Waals surface area contributed by atoms with Gasteiger partial charge in [0.1, 0.15) is 40.8 Å². The van der Waals surface area contributed by atoms with Gasteiger partial charge in [0.2, 0.25) is 29.3 Å². The van der Waals surface area contributed by atoms with E-state index in [0.29, 0.717) is 121 Å². The molecule has 4 heterocycles. The van der Waals surface area contributed by atoms with Crippen LogP contribution in [-0.4, -0.2) is 172 Å². The Kier molecular flexibility index (Phi) is 38.5. The molecule has 1 fully saturated rings. The molecule has 0 aliphatic heterocycles. The molecule has 0 radical (unpaired) electrons. The summed E-state index contributed by atoms with van der Waals surface area (Å²) in [5.41, 5.74) is 16.8. The smallest absolute Gasteiger partial charge is 0.335 e. The number of carbonyl (C=O) groups is 6. The van der Waals surface area contributed by atoms with E-state index >= 15 is 0 Å².